The van der Waals surface area contributed by atoms with Gasteiger partial charge in [0, 0.05) is 0 Å². The predicted molar refractivity (Wildman–Crippen MR) is 150 cm³/mol. The fourth-order valence-corrected chi connectivity index (χ4v) is 3.93. The van der Waals surface area contributed by atoms with Gasteiger partial charge < -0.3 is 18.9 Å². The monoisotopic (exact) mass is 514 g/mol. The van der Waals surface area contributed by atoms with Crippen molar-refractivity contribution in [3.63, 3.8) is 0 Å². The second kappa shape index (κ2) is 12.9. The molecule has 38 heavy (non-hydrogen) atoms. The number of rotatable bonds is 12. The predicted octanol–water partition coefficient (Wildman–Crippen LogP) is 5.98. The van der Waals surface area contributed by atoms with Crippen LogP contribution in [0.15, 0.2) is 77.4 Å². The highest BCUT2D eigenvalue weighted by Crippen LogP contribution is 2.31. The summed E-state index contributed by atoms with van der Waals surface area (Å²) in [6.07, 6.45) is 1.83. The van der Waals surface area contributed by atoms with Gasteiger partial charge in [0.15, 0.2) is 11.5 Å². The van der Waals surface area contributed by atoms with E-state index in [1.165, 1.54) is 16.1 Å². The second-order valence-electron chi connectivity index (χ2n) is 8.89. The van der Waals surface area contributed by atoms with Gasteiger partial charge in [-0.15, -0.1) is 0 Å². The number of benzene rings is 3. The molecule has 0 atom stereocenters. The molecule has 0 aliphatic carbocycles. The SMILES string of the molecule is CCOc1cc(/C=C2/C(=O)N(c3ccccc3)N=C2C)ccc1OCCOCCOc1ccc(C)c(C)c1. The van der Waals surface area contributed by atoms with Crippen molar-refractivity contribution in [1.82, 2.24) is 0 Å². The van der Waals surface area contributed by atoms with Gasteiger partial charge in [0.05, 0.1) is 36.8 Å². The normalized spacial score (nSPS) is 14.1. The minimum Gasteiger partial charge on any atom is -0.491 e. The van der Waals surface area contributed by atoms with Crippen LogP contribution in [-0.2, 0) is 9.53 Å². The maximum Gasteiger partial charge on any atom is 0.280 e. The van der Waals surface area contributed by atoms with Crippen LogP contribution in [0.3, 0.4) is 0 Å². The number of aryl methyl sites for hydroxylation is 2. The fraction of sp³-hybridized carbons (Fsp3) is 0.290. The molecule has 4 rings (SSSR count). The molecule has 7 nitrogen and oxygen atoms in total. The van der Waals surface area contributed by atoms with Gasteiger partial charge >= 0.3 is 0 Å². The van der Waals surface area contributed by atoms with Crippen LogP contribution in [-0.4, -0.2) is 44.7 Å². The van der Waals surface area contributed by atoms with Crippen molar-refractivity contribution in [2.75, 3.05) is 38.0 Å². The van der Waals surface area contributed by atoms with Gasteiger partial charge in [0.25, 0.3) is 5.91 Å². The van der Waals surface area contributed by atoms with Crippen molar-refractivity contribution >= 4 is 23.4 Å². The Morgan fingerprint density at radius 3 is 2.29 bits per heavy atom. The molecule has 0 N–H and O–H groups in total. The van der Waals surface area contributed by atoms with E-state index in [0.717, 1.165) is 17.0 Å². The van der Waals surface area contributed by atoms with E-state index in [4.69, 9.17) is 18.9 Å². The van der Waals surface area contributed by atoms with E-state index in [1.54, 1.807) is 0 Å². The third-order valence-corrected chi connectivity index (χ3v) is 6.10. The summed E-state index contributed by atoms with van der Waals surface area (Å²) in [6, 6.07) is 21.1. The van der Waals surface area contributed by atoms with Crippen LogP contribution in [0.5, 0.6) is 17.2 Å². The van der Waals surface area contributed by atoms with E-state index in [9.17, 15) is 4.79 Å². The molecule has 0 saturated heterocycles. The molecule has 1 aliphatic rings. The Balaban J connectivity index is 1.30. The Morgan fingerprint density at radius 1 is 0.789 bits per heavy atom. The van der Waals surface area contributed by atoms with Crippen molar-refractivity contribution < 1.29 is 23.7 Å². The lowest BCUT2D eigenvalue weighted by Gasteiger charge is -2.13. The Kier molecular flexibility index (Phi) is 9.16. The molecule has 0 radical (unpaired) electrons. The molecule has 0 saturated carbocycles. The van der Waals surface area contributed by atoms with E-state index < -0.39 is 0 Å². The van der Waals surface area contributed by atoms with E-state index >= 15 is 0 Å². The highest BCUT2D eigenvalue weighted by Gasteiger charge is 2.28. The average molecular weight is 515 g/mol. The first-order valence-corrected chi connectivity index (χ1v) is 12.8. The number of nitrogens with zero attached hydrogens (tertiary/aromatic N) is 2. The van der Waals surface area contributed by atoms with Crippen molar-refractivity contribution in [2.24, 2.45) is 5.10 Å². The number of para-hydroxylation sites is 1. The van der Waals surface area contributed by atoms with Crippen LogP contribution < -0.4 is 19.2 Å². The smallest absolute Gasteiger partial charge is 0.280 e. The summed E-state index contributed by atoms with van der Waals surface area (Å²) in [5.41, 5.74) is 5.22. The zero-order valence-electron chi connectivity index (χ0n) is 22.4. The molecule has 0 aromatic heterocycles. The molecule has 1 aliphatic heterocycles. The molecule has 1 heterocycles. The number of anilines is 1. The van der Waals surface area contributed by atoms with Crippen LogP contribution >= 0.6 is 0 Å². The molecule has 7 heteroatoms. The number of carbonyl (C=O) groups excluding carboxylic acids is 1. The summed E-state index contributed by atoms with van der Waals surface area (Å²) >= 11 is 0. The molecule has 3 aromatic carbocycles. The van der Waals surface area contributed by atoms with Crippen molar-refractivity contribution in [2.45, 2.75) is 27.7 Å². The minimum absolute atomic E-state index is 0.161. The molecular weight excluding hydrogens is 480 g/mol. The number of hydrazone groups is 1. The maximum absolute atomic E-state index is 13.0. The quantitative estimate of drug-likeness (QED) is 0.220. The third kappa shape index (κ3) is 6.81. The van der Waals surface area contributed by atoms with Crippen LogP contribution in [0.1, 0.15) is 30.5 Å². The Morgan fingerprint density at radius 2 is 1.55 bits per heavy atom. The fourth-order valence-electron chi connectivity index (χ4n) is 3.93. The molecule has 1 amide bonds. The molecule has 0 unspecified atom stereocenters. The highest BCUT2D eigenvalue weighted by molar-refractivity contribution is 6.32. The molecule has 0 fully saturated rings. The van der Waals surface area contributed by atoms with Crippen LogP contribution in [0.25, 0.3) is 6.08 Å². The van der Waals surface area contributed by atoms with Gasteiger partial charge in [-0.2, -0.15) is 10.1 Å². The minimum atomic E-state index is -0.161. The number of amides is 1. The second-order valence-corrected chi connectivity index (χ2v) is 8.89. The lowest BCUT2D eigenvalue weighted by molar-refractivity contribution is -0.114. The van der Waals surface area contributed by atoms with Crippen molar-refractivity contribution in [1.29, 1.82) is 0 Å². The topological polar surface area (TPSA) is 69.6 Å². The first-order valence-electron chi connectivity index (χ1n) is 12.8. The average Bonchev–Trinajstić information content (AvgIpc) is 3.20. The molecular formula is C31H34N2O5. The van der Waals surface area contributed by atoms with Crippen LogP contribution in [0.2, 0.25) is 0 Å². The molecule has 0 spiro atoms. The Hall–Kier alpha value is -4.10. The summed E-state index contributed by atoms with van der Waals surface area (Å²) in [7, 11) is 0. The summed E-state index contributed by atoms with van der Waals surface area (Å²) in [5, 5.41) is 5.87. The van der Waals surface area contributed by atoms with Gasteiger partial charge in [-0.05, 0) is 86.9 Å². The number of hydrogen-bond acceptors (Lipinski definition) is 6. The molecule has 0 bridgehead atoms. The van der Waals surface area contributed by atoms with E-state index in [0.29, 0.717) is 55.8 Å². The lowest BCUT2D eigenvalue weighted by Crippen LogP contribution is -2.21. The van der Waals surface area contributed by atoms with Gasteiger partial charge in [0.2, 0.25) is 0 Å². The van der Waals surface area contributed by atoms with Crippen molar-refractivity contribution in [3.05, 3.63) is 89.0 Å². The van der Waals surface area contributed by atoms with Crippen LogP contribution in [0.4, 0.5) is 5.69 Å². The van der Waals surface area contributed by atoms with Crippen LogP contribution in [0, 0.1) is 13.8 Å². The number of ether oxygens (including phenoxy) is 4. The number of carbonyl (C=O) groups is 1. The van der Waals surface area contributed by atoms with Gasteiger partial charge in [-0.3, -0.25) is 4.79 Å². The summed E-state index contributed by atoms with van der Waals surface area (Å²) in [5.74, 6) is 1.92. The molecule has 3 aromatic rings. The largest absolute Gasteiger partial charge is 0.491 e. The summed E-state index contributed by atoms with van der Waals surface area (Å²) < 4.78 is 23.1. The first kappa shape index (κ1) is 26.9. The zero-order valence-corrected chi connectivity index (χ0v) is 22.4. The van der Waals surface area contributed by atoms with Crippen molar-refractivity contribution in [3.8, 4) is 17.2 Å². The lowest BCUT2D eigenvalue weighted by atomic mass is 10.1. The maximum atomic E-state index is 13.0. The van der Waals surface area contributed by atoms with Gasteiger partial charge in [-0.25, -0.2) is 0 Å². The standard InChI is InChI=1S/C31H34N2O5/c1-5-36-30-21-25(20-28-24(4)32-33(31(28)34)26-9-7-6-8-10-26)12-14-29(30)38-18-16-35-15-17-37-27-13-11-22(2)23(3)19-27/h6-14,19-21H,5,15-18H2,1-4H3/b28-20+. The number of hydrogen-bond donors (Lipinski definition) is 0. The summed E-state index contributed by atoms with van der Waals surface area (Å²) in [6.45, 7) is 10.1. The van der Waals surface area contributed by atoms with Gasteiger partial charge in [0.1, 0.15) is 19.0 Å². The van der Waals surface area contributed by atoms with E-state index in [1.807, 2.05) is 80.6 Å². The van der Waals surface area contributed by atoms with E-state index in [2.05, 4.69) is 25.0 Å². The molecule has 198 valence electrons. The van der Waals surface area contributed by atoms with Gasteiger partial charge in [-0.1, -0.05) is 30.3 Å². The summed E-state index contributed by atoms with van der Waals surface area (Å²) in [4.78, 5) is 13.0. The highest BCUT2D eigenvalue weighted by atomic mass is 16.6. The Bertz CT molecular complexity index is 1320. The Labute approximate surface area is 224 Å². The van der Waals surface area contributed by atoms with E-state index in [-0.39, 0.29) is 5.91 Å². The third-order valence-electron chi connectivity index (χ3n) is 6.10. The zero-order chi connectivity index (χ0) is 26.9. The first-order chi connectivity index (χ1) is 18.5.